The Hall–Kier alpha value is -0.860. The number of rotatable bonds is 0. The first-order valence-corrected chi connectivity index (χ1v) is 5.15. The third-order valence-electron chi connectivity index (χ3n) is 3.01. The molecule has 0 aliphatic heterocycles. The molecule has 1 aliphatic rings. The summed E-state index contributed by atoms with van der Waals surface area (Å²) >= 11 is 0. The second-order valence-corrected chi connectivity index (χ2v) is 4.14. The molecule has 0 amide bonds. The maximum atomic E-state index is 4.21. The topological polar surface area (TPSA) is 30.7 Å². The molecule has 13 heavy (non-hydrogen) atoms. The van der Waals surface area contributed by atoms with Crippen molar-refractivity contribution in [3.05, 3.63) is 11.4 Å². The lowest BCUT2D eigenvalue weighted by Crippen LogP contribution is -2.07. The van der Waals surface area contributed by atoms with Crippen LogP contribution in [0.3, 0.4) is 0 Å². The Morgan fingerprint density at radius 2 is 2.15 bits per heavy atom. The zero-order valence-corrected chi connectivity index (χ0v) is 8.45. The Kier molecular flexibility index (Phi) is 2.34. The van der Waals surface area contributed by atoms with E-state index >= 15 is 0 Å². The average molecular weight is 179 g/mol. The van der Waals surface area contributed by atoms with Crippen LogP contribution in [0.25, 0.3) is 0 Å². The standard InChI is InChI=1S/C10H17N3/c1-8-4-3-5-10-9(7-6-8)11-12-13(10)2/h8H,3-7H2,1-2H3. The molecule has 0 radical (unpaired) electrons. The number of aromatic nitrogens is 3. The van der Waals surface area contributed by atoms with E-state index in [1.165, 1.54) is 30.7 Å². The number of aryl methyl sites for hydroxylation is 2. The zero-order chi connectivity index (χ0) is 9.26. The van der Waals surface area contributed by atoms with E-state index < -0.39 is 0 Å². The van der Waals surface area contributed by atoms with Gasteiger partial charge in [0.15, 0.2) is 0 Å². The highest BCUT2D eigenvalue weighted by atomic mass is 15.4. The first-order valence-electron chi connectivity index (χ1n) is 5.15. The molecule has 1 unspecified atom stereocenters. The minimum absolute atomic E-state index is 0.857. The van der Waals surface area contributed by atoms with Crippen molar-refractivity contribution in [2.75, 3.05) is 0 Å². The first kappa shape index (κ1) is 8.73. The maximum Gasteiger partial charge on any atom is 0.0859 e. The predicted molar refractivity (Wildman–Crippen MR) is 51.4 cm³/mol. The predicted octanol–water partition coefficient (Wildman–Crippen LogP) is 1.72. The molecule has 0 spiro atoms. The molecule has 1 aromatic heterocycles. The summed E-state index contributed by atoms with van der Waals surface area (Å²) in [6, 6.07) is 0. The fourth-order valence-corrected chi connectivity index (χ4v) is 2.07. The average Bonchev–Trinajstić information content (AvgIpc) is 2.41. The maximum absolute atomic E-state index is 4.21. The summed E-state index contributed by atoms with van der Waals surface area (Å²) in [5.74, 6) is 0.857. The van der Waals surface area contributed by atoms with E-state index in [1.54, 1.807) is 0 Å². The lowest BCUT2D eigenvalue weighted by molar-refractivity contribution is 0.456. The van der Waals surface area contributed by atoms with Gasteiger partial charge in [0.2, 0.25) is 0 Å². The van der Waals surface area contributed by atoms with Gasteiger partial charge in [0.25, 0.3) is 0 Å². The summed E-state index contributed by atoms with van der Waals surface area (Å²) in [6.45, 7) is 2.33. The van der Waals surface area contributed by atoms with Crippen LogP contribution in [0.1, 0.15) is 37.6 Å². The van der Waals surface area contributed by atoms with Crippen molar-refractivity contribution in [2.45, 2.75) is 39.0 Å². The SMILES string of the molecule is CC1CCCc2c(nnn2C)CC1. The quantitative estimate of drug-likeness (QED) is 0.607. The molecule has 1 aliphatic carbocycles. The van der Waals surface area contributed by atoms with E-state index in [9.17, 15) is 0 Å². The normalized spacial score (nSPS) is 23.4. The van der Waals surface area contributed by atoms with Crippen LogP contribution < -0.4 is 0 Å². The molecule has 1 atom stereocenters. The molecule has 72 valence electrons. The number of nitrogens with zero attached hydrogens (tertiary/aromatic N) is 3. The van der Waals surface area contributed by atoms with Gasteiger partial charge in [-0.25, -0.2) is 0 Å². The highest BCUT2D eigenvalue weighted by molar-refractivity contribution is 5.11. The molecule has 1 heterocycles. The molecule has 0 fully saturated rings. The summed E-state index contributed by atoms with van der Waals surface area (Å²) in [5, 5.41) is 8.28. The monoisotopic (exact) mass is 179 g/mol. The Morgan fingerprint density at radius 1 is 1.31 bits per heavy atom. The summed E-state index contributed by atoms with van der Waals surface area (Å²) in [6.07, 6.45) is 6.18. The molecule has 3 nitrogen and oxygen atoms in total. The van der Waals surface area contributed by atoms with Gasteiger partial charge in [-0.1, -0.05) is 18.6 Å². The van der Waals surface area contributed by atoms with Crippen molar-refractivity contribution in [2.24, 2.45) is 13.0 Å². The second kappa shape index (κ2) is 3.48. The minimum Gasteiger partial charge on any atom is -0.252 e. The van der Waals surface area contributed by atoms with Crippen LogP contribution in [0, 0.1) is 5.92 Å². The molecule has 0 saturated heterocycles. The van der Waals surface area contributed by atoms with Crippen LogP contribution in [-0.2, 0) is 19.9 Å². The van der Waals surface area contributed by atoms with Crippen LogP contribution >= 0.6 is 0 Å². The molecule has 1 aromatic rings. The highest BCUT2D eigenvalue weighted by Gasteiger charge is 2.15. The summed E-state index contributed by atoms with van der Waals surface area (Å²) in [4.78, 5) is 0. The third-order valence-corrected chi connectivity index (χ3v) is 3.01. The van der Waals surface area contributed by atoms with Gasteiger partial charge in [0, 0.05) is 7.05 Å². The summed E-state index contributed by atoms with van der Waals surface area (Å²) < 4.78 is 1.94. The van der Waals surface area contributed by atoms with Crippen molar-refractivity contribution in [3.63, 3.8) is 0 Å². The Bertz CT molecular complexity index is 290. The lowest BCUT2D eigenvalue weighted by atomic mass is 9.93. The van der Waals surface area contributed by atoms with Gasteiger partial charge in [-0.2, -0.15) is 0 Å². The van der Waals surface area contributed by atoms with Gasteiger partial charge in [0.1, 0.15) is 0 Å². The smallest absolute Gasteiger partial charge is 0.0859 e. The molecule has 0 N–H and O–H groups in total. The van der Waals surface area contributed by atoms with Crippen molar-refractivity contribution in [1.29, 1.82) is 0 Å². The van der Waals surface area contributed by atoms with E-state index in [4.69, 9.17) is 0 Å². The van der Waals surface area contributed by atoms with Crippen molar-refractivity contribution >= 4 is 0 Å². The van der Waals surface area contributed by atoms with E-state index in [2.05, 4.69) is 17.2 Å². The van der Waals surface area contributed by atoms with Gasteiger partial charge in [-0.15, -0.1) is 5.10 Å². The van der Waals surface area contributed by atoms with Gasteiger partial charge in [0.05, 0.1) is 11.4 Å². The van der Waals surface area contributed by atoms with Crippen LogP contribution in [0.15, 0.2) is 0 Å². The van der Waals surface area contributed by atoms with Crippen LogP contribution in [-0.4, -0.2) is 15.0 Å². The second-order valence-electron chi connectivity index (χ2n) is 4.14. The van der Waals surface area contributed by atoms with Crippen LogP contribution in [0.2, 0.25) is 0 Å². The molecule has 3 heteroatoms. The lowest BCUT2D eigenvalue weighted by Gasteiger charge is -2.14. The molecular weight excluding hydrogens is 162 g/mol. The molecular formula is C10H17N3. The van der Waals surface area contributed by atoms with Crippen molar-refractivity contribution in [3.8, 4) is 0 Å². The fraction of sp³-hybridized carbons (Fsp3) is 0.800. The largest absolute Gasteiger partial charge is 0.252 e. The molecule has 0 saturated carbocycles. The van der Waals surface area contributed by atoms with Crippen molar-refractivity contribution < 1.29 is 0 Å². The Balaban J connectivity index is 2.21. The summed E-state index contributed by atoms with van der Waals surface area (Å²) in [7, 11) is 2.00. The van der Waals surface area contributed by atoms with E-state index in [1.807, 2.05) is 11.7 Å². The molecule has 0 aromatic carbocycles. The first-order chi connectivity index (χ1) is 6.27. The van der Waals surface area contributed by atoms with Crippen LogP contribution in [0.4, 0.5) is 0 Å². The van der Waals surface area contributed by atoms with Gasteiger partial charge >= 0.3 is 0 Å². The Labute approximate surface area is 79.1 Å². The van der Waals surface area contributed by atoms with E-state index in [0.29, 0.717) is 0 Å². The third kappa shape index (κ3) is 1.74. The number of hydrogen-bond acceptors (Lipinski definition) is 2. The molecule has 2 rings (SSSR count). The molecule has 0 bridgehead atoms. The van der Waals surface area contributed by atoms with Crippen molar-refractivity contribution in [1.82, 2.24) is 15.0 Å². The van der Waals surface area contributed by atoms with Gasteiger partial charge in [-0.05, 0) is 31.6 Å². The number of hydrogen-bond donors (Lipinski definition) is 0. The van der Waals surface area contributed by atoms with Gasteiger partial charge < -0.3 is 0 Å². The zero-order valence-electron chi connectivity index (χ0n) is 8.45. The summed E-state index contributed by atoms with van der Waals surface area (Å²) in [5.41, 5.74) is 2.58. The van der Waals surface area contributed by atoms with Crippen LogP contribution in [0.5, 0.6) is 0 Å². The number of fused-ring (bicyclic) bond motifs is 1. The minimum atomic E-state index is 0.857. The Morgan fingerprint density at radius 3 is 3.00 bits per heavy atom. The highest BCUT2D eigenvalue weighted by Crippen LogP contribution is 2.21. The fourth-order valence-electron chi connectivity index (χ4n) is 2.07. The van der Waals surface area contributed by atoms with E-state index in [-0.39, 0.29) is 0 Å². The van der Waals surface area contributed by atoms with Gasteiger partial charge in [-0.3, -0.25) is 4.68 Å². The van der Waals surface area contributed by atoms with E-state index in [0.717, 1.165) is 18.8 Å².